The first-order valence-corrected chi connectivity index (χ1v) is 6.81. The van der Waals surface area contributed by atoms with E-state index in [1.54, 1.807) is 0 Å². The largest absolute Gasteiger partial charge is 0.313 e. The smallest absolute Gasteiger partial charge is 0.260 e. The van der Waals surface area contributed by atoms with Gasteiger partial charge in [0.25, 0.3) is 16.4 Å². The molecule has 1 heterocycles. The number of nitrogens with one attached hydrogen (secondary N) is 2. The van der Waals surface area contributed by atoms with Crippen molar-refractivity contribution in [3.63, 3.8) is 0 Å². The van der Waals surface area contributed by atoms with E-state index in [0.717, 1.165) is 7.05 Å². The Morgan fingerprint density at radius 1 is 1.56 bits per heavy atom. The van der Waals surface area contributed by atoms with E-state index in [4.69, 9.17) is 0 Å². The van der Waals surface area contributed by atoms with Gasteiger partial charge in [-0.25, -0.2) is 17.2 Å². The number of hydrogen-bond acceptors (Lipinski definition) is 4. The minimum absolute atomic E-state index is 0.147. The molecule has 0 spiro atoms. The number of H-pyrrole nitrogens is 1. The summed E-state index contributed by atoms with van der Waals surface area (Å²) < 4.78 is 49.1. The molecule has 0 radical (unpaired) electrons. The highest BCUT2D eigenvalue weighted by molar-refractivity contribution is 7.89. The van der Waals surface area contributed by atoms with Crippen LogP contribution in [0.3, 0.4) is 0 Å². The molecule has 6 nitrogen and oxygen atoms in total. The van der Waals surface area contributed by atoms with Crippen molar-refractivity contribution < 1.29 is 17.2 Å². The van der Waals surface area contributed by atoms with Gasteiger partial charge in [-0.15, -0.1) is 0 Å². The topological polar surface area (TPSA) is 78.1 Å². The highest BCUT2D eigenvalue weighted by Gasteiger charge is 2.27. The van der Waals surface area contributed by atoms with Crippen LogP contribution < -0.4 is 5.32 Å². The molecule has 1 aromatic heterocycles. The average molecular weight is 282 g/mol. The van der Waals surface area contributed by atoms with E-state index in [-0.39, 0.29) is 5.03 Å². The van der Waals surface area contributed by atoms with Crippen molar-refractivity contribution in [2.45, 2.75) is 24.9 Å². The summed E-state index contributed by atoms with van der Waals surface area (Å²) in [6, 6.07) is 0. The molecule has 0 aliphatic carbocycles. The summed E-state index contributed by atoms with van der Waals surface area (Å²) in [5.41, 5.74) is 0.429. The minimum atomic E-state index is -3.96. The van der Waals surface area contributed by atoms with Crippen molar-refractivity contribution in [2.24, 2.45) is 0 Å². The standard InChI is InChI=1S/C9H16F2N4O2S/c1-3-12-4-7-5-13-14-9(7)18(16,17)15(2)6-8(10)11/h5,8,12H,3-4,6H2,1-2H3,(H,13,14). The number of rotatable bonds is 7. The van der Waals surface area contributed by atoms with Crippen LogP contribution >= 0.6 is 0 Å². The quantitative estimate of drug-likeness (QED) is 0.759. The van der Waals surface area contributed by atoms with Crippen LogP contribution in [0.25, 0.3) is 0 Å². The molecule has 0 aromatic carbocycles. The predicted molar refractivity (Wildman–Crippen MR) is 61.8 cm³/mol. The van der Waals surface area contributed by atoms with E-state index in [9.17, 15) is 17.2 Å². The normalized spacial score (nSPS) is 12.6. The minimum Gasteiger partial charge on any atom is -0.313 e. The molecule has 0 saturated carbocycles. The van der Waals surface area contributed by atoms with Crippen molar-refractivity contribution >= 4 is 10.0 Å². The number of hydrogen-bond donors (Lipinski definition) is 2. The zero-order valence-corrected chi connectivity index (χ0v) is 11.0. The molecule has 0 unspecified atom stereocenters. The molecule has 0 bridgehead atoms. The van der Waals surface area contributed by atoms with Crippen molar-refractivity contribution in [3.8, 4) is 0 Å². The molecule has 0 atom stereocenters. The maximum absolute atomic E-state index is 12.2. The maximum atomic E-state index is 12.2. The highest BCUT2D eigenvalue weighted by Crippen LogP contribution is 2.17. The van der Waals surface area contributed by atoms with Gasteiger partial charge < -0.3 is 5.32 Å². The fraction of sp³-hybridized carbons (Fsp3) is 0.667. The van der Waals surface area contributed by atoms with E-state index >= 15 is 0 Å². The summed E-state index contributed by atoms with van der Waals surface area (Å²) in [6.07, 6.45) is -1.35. The molecule has 18 heavy (non-hydrogen) atoms. The Hall–Kier alpha value is -1.06. The van der Waals surface area contributed by atoms with Crippen LogP contribution in [0.5, 0.6) is 0 Å². The molecular formula is C9H16F2N4O2S. The first kappa shape index (κ1) is 15.0. The van der Waals surface area contributed by atoms with Crippen molar-refractivity contribution in [2.75, 3.05) is 20.1 Å². The van der Waals surface area contributed by atoms with E-state index < -0.39 is 23.0 Å². The second-order valence-electron chi connectivity index (χ2n) is 3.68. The van der Waals surface area contributed by atoms with Gasteiger partial charge in [0.1, 0.15) is 0 Å². The van der Waals surface area contributed by atoms with Crippen LogP contribution in [0, 0.1) is 0 Å². The summed E-state index contributed by atoms with van der Waals surface area (Å²) in [5, 5.41) is 8.79. The number of nitrogens with zero attached hydrogens (tertiary/aromatic N) is 2. The van der Waals surface area contributed by atoms with Gasteiger partial charge in [0, 0.05) is 19.2 Å². The van der Waals surface area contributed by atoms with Gasteiger partial charge in [-0.3, -0.25) is 5.10 Å². The first-order chi connectivity index (χ1) is 8.39. The van der Waals surface area contributed by atoms with Crippen molar-refractivity contribution in [1.82, 2.24) is 19.8 Å². The molecule has 0 amide bonds. The molecule has 0 aliphatic heterocycles. The van der Waals surface area contributed by atoms with Gasteiger partial charge >= 0.3 is 0 Å². The monoisotopic (exact) mass is 282 g/mol. The number of sulfonamides is 1. The lowest BCUT2D eigenvalue weighted by molar-refractivity contribution is 0.126. The fourth-order valence-electron chi connectivity index (χ4n) is 1.36. The summed E-state index contributed by atoms with van der Waals surface area (Å²) >= 11 is 0. The van der Waals surface area contributed by atoms with Crippen LogP contribution in [-0.2, 0) is 16.6 Å². The van der Waals surface area contributed by atoms with Gasteiger partial charge in [-0.2, -0.15) is 9.40 Å². The molecule has 0 saturated heterocycles. The summed E-state index contributed by atoms with van der Waals surface area (Å²) in [4.78, 5) is 0. The maximum Gasteiger partial charge on any atom is 0.260 e. The average Bonchev–Trinajstić information content (AvgIpc) is 2.73. The Labute approximate surface area is 104 Å². The fourth-order valence-corrected chi connectivity index (χ4v) is 2.60. The van der Waals surface area contributed by atoms with E-state index in [1.807, 2.05) is 6.92 Å². The molecule has 0 fully saturated rings. The zero-order chi connectivity index (χ0) is 13.8. The number of alkyl halides is 2. The van der Waals surface area contributed by atoms with Crippen molar-refractivity contribution in [1.29, 1.82) is 0 Å². The van der Waals surface area contributed by atoms with Crippen LogP contribution in [0.15, 0.2) is 11.2 Å². The Morgan fingerprint density at radius 3 is 2.78 bits per heavy atom. The molecule has 2 N–H and O–H groups in total. The van der Waals surface area contributed by atoms with E-state index in [1.165, 1.54) is 6.20 Å². The van der Waals surface area contributed by atoms with Gasteiger partial charge in [0.2, 0.25) is 0 Å². The molecule has 1 aromatic rings. The van der Waals surface area contributed by atoms with Crippen LogP contribution in [0.1, 0.15) is 12.5 Å². The molecule has 9 heteroatoms. The van der Waals surface area contributed by atoms with Crippen molar-refractivity contribution in [3.05, 3.63) is 11.8 Å². The summed E-state index contributed by atoms with van der Waals surface area (Å²) in [7, 11) is -2.85. The molecule has 1 rings (SSSR count). The Kier molecular flexibility index (Phi) is 5.17. The highest BCUT2D eigenvalue weighted by atomic mass is 32.2. The third-order valence-electron chi connectivity index (χ3n) is 2.31. The second-order valence-corrected chi connectivity index (χ2v) is 5.66. The lowest BCUT2D eigenvalue weighted by Gasteiger charge is -2.16. The van der Waals surface area contributed by atoms with Gasteiger partial charge in [0.05, 0.1) is 12.7 Å². The lowest BCUT2D eigenvalue weighted by atomic mass is 10.3. The number of halogens is 2. The number of aromatic amines is 1. The van der Waals surface area contributed by atoms with Crippen LogP contribution in [0.2, 0.25) is 0 Å². The van der Waals surface area contributed by atoms with Gasteiger partial charge in [-0.1, -0.05) is 6.92 Å². The third kappa shape index (κ3) is 3.47. The Balaban J connectivity index is 2.94. The van der Waals surface area contributed by atoms with Gasteiger partial charge in [0.15, 0.2) is 5.03 Å². The summed E-state index contributed by atoms with van der Waals surface area (Å²) in [5.74, 6) is 0. The predicted octanol–water partition coefficient (Wildman–Crippen LogP) is 0.405. The van der Waals surface area contributed by atoms with Crippen LogP contribution in [0.4, 0.5) is 8.78 Å². The van der Waals surface area contributed by atoms with Gasteiger partial charge in [-0.05, 0) is 6.54 Å². The summed E-state index contributed by atoms with van der Waals surface area (Å²) in [6.45, 7) is 2.00. The van der Waals surface area contributed by atoms with Crippen LogP contribution in [-0.4, -0.2) is 49.5 Å². The molecule has 104 valence electrons. The van der Waals surface area contributed by atoms with E-state index in [0.29, 0.717) is 23.0 Å². The Morgan fingerprint density at radius 2 is 2.22 bits per heavy atom. The third-order valence-corrected chi connectivity index (χ3v) is 4.15. The Bertz CT molecular complexity index is 475. The van der Waals surface area contributed by atoms with E-state index in [2.05, 4.69) is 15.5 Å². The molecule has 0 aliphatic rings. The first-order valence-electron chi connectivity index (χ1n) is 5.37. The lowest BCUT2D eigenvalue weighted by Crippen LogP contribution is -2.32. The zero-order valence-electron chi connectivity index (χ0n) is 10.2. The second kappa shape index (κ2) is 6.21. The molecular weight excluding hydrogens is 266 g/mol. The SMILES string of the molecule is CCNCc1cn[nH]c1S(=O)(=O)N(C)CC(F)F. The number of aromatic nitrogens is 2.